The minimum atomic E-state index is -4.43. The molecule has 0 saturated carbocycles. The molecule has 1 aromatic rings. The van der Waals surface area contributed by atoms with Gasteiger partial charge in [0.2, 0.25) is 15.9 Å². The van der Waals surface area contributed by atoms with E-state index in [1.54, 1.807) is 19.1 Å². The van der Waals surface area contributed by atoms with Crippen LogP contribution in [0, 0.1) is 12.8 Å². The number of hydrogen-bond acceptors (Lipinski definition) is 4. The highest BCUT2D eigenvalue weighted by Crippen LogP contribution is 2.33. The van der Waals surface area contributed by atoms with Crippen LogP contribution in [0.4, 0.5) is 13.2 Å². The van der Waals surface area contributed by atoms with Gasteiger partial charge in [-0.25, -0.2) is 8.42 Å². The molecule has 0 aromatic heterocycles. The monoisotopic (exact) mass is 408 g/mol. The van der Waals surface area contributed by atoms with Crippen LogP contribution in [0.3, 0.4) is 0 Å². The Morgan fingerprint density at radius 1 is 1.30 bits per heavy atom. The lowest BCUT2D eigenvalue weighted by Gasteiger charge is -2.36. The number of carbonyl (C=O) groups is 1. The normalized spacial score (nSPS) is 21.0. The minimum Gasteiger partial charge on any atom is -0.391 e. The Kier molecular flexibility index (Phi) is 6.54. The van der Waals surface area contributed by atoms with Gasteiger partial charge in [-0.15, -0.1) is 0 Å². The highest BCUT2D eigenvalue weighted by molar-refractivity contribution is 7.89. The van der Waals surface area contributed by atoms with E-state index in [0.29, 0.717) is 0 Å². The Bertz CT molecular complexity index is 763. The summed E-state index contributed by atoms with van der Waals surface area (Å²) in [5.41, 5.74) is 0.837. The smallest absolute Gasteiger partial charge is 0.391 e. The molecule has 1 aliphatic heterocycles. The Labute approximate surface area is 156 Å². The molecule has 1 heterocycles. The van der Waals surface area contributed by atoms with Crippen LogP contribution in [0.5, 0.6) is 0 Å². The molecule has 27 heavy (non-hydrogen) atoms. The number of aryl methyl sites for hydroxylation is 1. The minimum absolute atomic E-state index is 0.0816. The Morgan fingerprint density at radius 3 is 2.41 bits per heavy atom. The molecule has 0 bridgehead atoms. The number of hydrogen-bond donors (Lipinski definition) is 2. The summed E-state index contributed by atoms with van der Waals surface area (Å²) in [5.74, 6) is -2.52. The van der Waals surface area contributed by atoms with Gasteiger partial charge < -0.3 is 10.0 Å². The number of halogens is 3. The fourth-order valence-electron chi connectivity index (χ4n) is 2.95. The van der Waals surface area contributed by atoms with Crippen molar-refractivity contribution >= 4 is 15.9 Å². The van der Waals surface area contributed by atoms with Gasteiger partial charge in [0.05, 0.1) is 16.9 Å². The first-order valence-corrected chi connectivity index (χ1v) is 10.0. The van der Waals surface area contributed by atoms with Crippen LogP contribution in [0.15, 0.2) is 29.2 Å². The third-order valence-electron chi connectivity index (χ3n) is 4.56. The molecule has 10 heteroatoms. The van der Waals surface area contributed by atoms with Gasteiger partial charge in [-0.3, -0.25) is 4.79 Å². The number of piperidine rings is 1. The van der Waals surface area contributed by atoms with E-state index >= 15 is 0 Å². The van der Waals surface area contributed by atoms with E-state index in [1.165, 1.54) is 19.1 Å². The van der Waals surface area contributed by atoms with E-state index in [0.717, 1.165) is 10.5 Å². The summed E-state index contributed by atoms with van der Waals surface area (Å²) in [6, 6.07) is 4.28. The zero-order valence-electron chi connectivity index (χ0n) is 15.0. The second kappa shape index (κ2) is 8.15. The molecule has 0 spiro atoms. The number of nitrogens with one attached hydrogen (secondary N) is 1. The molecule has 3 atom stereocenters. The van der Waals surface area contributed by atoms with Crippen LogP contribution in [0.1, 0.15) is 25.3 Å². The first-order chi connectivity index (χ1) is 12.4. The average molecular weight is 408 g/mol. The molecule has 1 fully saturated rings. The lowest BCUT2D eigenvalue weighted by Crippen LogP contribution is -2.56. The largest absolute Gasteiger partial charge is 0.393 e. The standard InChI is InChI=1S/C17H23F3N2O4S/c1-11-5-7-14(8-6-11)27(25,26)21-15(12(2)23)16(24)22-9-3-4-13(10-22)17(18,19)20/h5-8,12-13,15,21,23H,3-4,9-10H2,1-2H3. The quantitative estimate of drug-likeness (QED) is 0.778. The van der Waals surface area contributed by atoms with Crippen molar-refractivity contribution in [1.82, 2.24) is 9.62 Å². The second-order valence-corrected chi connectivity index (χ2v) is 8.53. The molecular formula is C17H23F3N2O4S. The lowest BCUT2D eigenvalue weighted by atomic mass is 9.96. The van der Waals surface area contributed by atoms with Gasteiger partial charge in [0.25, 0.3) is 0 Å². The number of likely N-dealkylation sites (tertiary alicyclic amines) is 1. The summed E-state index contributed by atoms with van der Waals surface area (Å²) in [4.78, 5) is 13.5. The molecule has 6 nitrogen and oxygen atoms in total. The van der Waals surface area contributed by atoms with Crippen molar-refractivity contribution < 1.29 is 31.5 Å². The summed E-state index contributed by atoms with van der Waals surface area (Å²) in [5, 5.41) is 9.90. The summed E-state index contributed by atoms with van der Waals surface area (Å²) in [6.45, 7) is 2.53. The van der Waals surface area contributed by atoms with Gasteiger partial charge in [0.1, 0.15) is 6.04 Å². The molecule has 3 unspecified atom stereocenters. The molecular weight excluding hydrogens is 385 g/mol. The van der Waals surface area contributed by atoms with Crippen molar-refractivity contribution in [3.8, 4) is 0 Å². The van der Waals surface area contributed by atoms with E-state index in [4.69, 9.17) is 0 Å². The fraction of sp³-hybridized carbons (Fsp3) is 0.588. The number of aliphatic hydroxyl groups is 1. The summed E-state index contributed by atoms with van der Waals surface area (Å²) in [6.07, 6.45) is -5.76. The lowest BCUT2D eigenvalue weighted by molar-refractivity contribution is -0.188. The maximum atomic E-state index is 13.0. The van der Waals surface area contributed by atoms with E-state index in [1.807, 2.05) is 0 Å². The molecule has 1 amide bonds. The first-order valence-electron chi connectivity index (χ1n) is 8.54. The number of nitrogens with zero attached hydrogens (tertiary/aromatic N) is 1. The zero-order chi connectivity index (χ0) is 20.4. The van der Waals surface area contributed by atoms with Gasteiger partial charge in [0.15, 0.2) is 0 Å². The summed E-state index contributed by atoms with van der Waals surface area (Å²) < 4.78 is 66.0. The number of sulfonamides is 1. The SMILES string of the molecule is Cc1ccc(S(=O)(=O)NC(C(=O)N2CCCC(C(F)(F)F)C2)C(C)O)cc1. The summed E-state index contributed by atoms with van der Waals surface area (Å²) >= 11 is 0. The van der Waals surface area contributed by atoms with Crippen LogP contribution in [0.25, 0.3) is 0 Å². The van der Waals surface area contributed by atoms with E-state index in [-0.39, 0.29) is 24.3 Å². The van der Waals surface area contributed by atoms with Gasteiger partial charge in [-0.2, -0.15) is 17.9 Å². The van der Waals surface area contributed by atoms with Gasteiger partial charge >= 0.3 is 6.18 Å². The van der Waals surface area contributed by atoms with E-state index in [9.17, 15) is 31.5 Å². The molecule has 0 radical (unpaired) electrons. The van der Waals surface area contributed by atoms with Crippen molar-refractivity contribution in [1.29, 1.82) is 0 Å². The molecule has 0 aliphatic carbocycles. The highest BCUT2D eigenvalue weighted by atomic mass is 32.2. The van der Waals surface area contributed by atoms with Crippen LogP contribution in [-0.2, 0) is 14.8 Å². The Balaban J connectivity index is 2.19. The number of carbonyl (C=O) groups excluding carboxylic acids is 1. The average Bonchev–Trinajstić information content (AvgIpc) is 2.58. The fourth-order valence-corrected chi connectivity index (χ4v) is 4.21. The Hall–Kier alpha value is -1.65. The highest BCUT2D eigenvalue weighted by Gasteiger charge is 2.44. The van der Waals surface area contributed by atoms with Crippen molar-refractivity contribution in [2.75, 3.05) is 13.1 Å². The Morgan fingerprint density at radius 2 is 1.89 bits per heavy atom. The first kappa shape index (κ1) is 21.6. The third kappa shape index (κ3) is 5.43. The molecule has 1 aromatic carbocycles. The van der Waals surface area contributed by atoms with Crippen LogP contribution in [0.2, 0.25) is 0 Å². The number of amides is 1. The maximum absolute atomic E-state index is 13.0. The molecule has 1 saturated heterocycles. The van der Waals surface area contributed by atoms with E-state index < -0.39 is 46.7 Å². The summed E-state index contributed by atoms with van der Waals surface area (Å²) in [7, 11) is -4.13. The third-order valence-corrected chi connectivity index (χ3v) is 6.01. The predicted octanol–water partition coefficient (Wildman–Crippen LogP) is 1.82. The maximum Gasteiger partial charge on any atom is 0.393 e. The van der Waals surface area contributed by atoms with Crippen molar-refractivity contribution in [2.45, 2.75) is 49.9 Å². The van der Waals surface area contributed by atoms with Crippen molar-refractivity contribution in [3.63, 3.8) is 0 Å². The number of alkyl halides is 3. The van der Waals surface area contributed by atoms with E-state index in [2.05, 4.69) is 4.72 Å². The van der Waals surface area contributed by atoms with Crippen molar-refractivity contribution in [3.05, 3.63) is 29.8 Å². The van der Waals surface area contributed by atoms with Gasteiger partial charge in [-0.05, 0) is 38.8 Å². The second-order valence-electron chi connectivity index (χ2n) is 6.82. The van der Waals surface area contributed by atoms with Crippen LogP contribution in [-0.4, -0.2) is 55.7 Å². The van der Waals surface area contributed by atoms with Gasteiger partial charge in [0, 0.05) is 13.1 Å². The molecule has 2 N–H and O–H groups in total. The number of rotatable bonds is 5. The molecule has 152 valence electrons. The number of benzene rings is 1. The van der Waals surface area contributed by atoms with Crippen LogP contribution >= 0.6 is 0 Å². The van der Waals surface area contributed by atoms with Crippen molar-refractivity contribution in [2.24, 2.45) is 5.92 Å². The topological polar surface area (TPSA) is 86.7 Å². The number of aliphatic hydroxyl groups excluding tert-OH is 1. The molecule has 2 rings (SSSR count). The zero-order valence-corrected chi connectivity index (χ0v) is 15.8. The van der Waals surface area contributed by atoms with Crippen LogP contribution < -0.4 is 4.72 Å². The van der Waals surface area contributed by atoms with Gasteiger partial charge in [-0.1, -0.05) is 17.7 Å². The molecule has 1 aliphatic rings. The predicted molar refractivity (Wildman–Crippen MR) is 92.3 cm³/mol.